The fraction of sp³-hybridized carbons (Fsp3) is 0.385. The molecule has 1 aliphatic rings. The van der Waals surface area contributed by atoms with Crippen LogP contribution in [0.2, 0.25) is 0 Å². The number of carbonyl (C=O) groups is 2. The number of furan rings is 1. The molecule has 0 atom stereocenters. The average molecular weight is 468 g/mol. The SMILES string of the molecule is CCCOC(=O)c1c(NC(=O)c2ccc(COc3c(C)cccc3C)o2)sc2c1CCCC2. The summed E-state index contributed by atoms with van der Waals surface area (Å²) in [6.07, 6.45) is 4.63. The number of hydrogen-bond acceptors (Lipinski definition) is 6. The molecular formula is C26H29NO5S. The molecule has 6 nitrogen and oxygen atoms in total. The van der Waals surface area contributed by atoms with E-state index in [4.69, 9.17) is 13.9 Å². The van der Waals surface area contributed by atoms with Crippen LogP contribution >= 0.6 is 11.3 Å². The molecule has 2 heterocycles. The van der Waals surface area contributed by atoms with Gasteiger partial charge in [-0.15, -0.1) is 11.3 Å². The van der Waals surface area contributed by atoms with Crippen LogP contribution in [0.1, 0.15) is 74.4 Å². The van der Waals surface area contributed by atoms with Gasteiger partial charge in [-0.2, -0.15) is 0 Å². The summed E-state index contributed by atoms with van der Waals surface area (Å²) in [6, 6.07) is 9.33. The maximum atomic E-state index is 12.9. The number of ether oxygens (including phenoxy) is 2. The van der Waals surface area contributed by atoms with Crippen molar-refractivity contribution in [3.8, 4) is 5.75 Å². The van der Waals surface area contributed by atoms with Gasteiger partial charge >= 0.3 is 5.97 Å². The van der Waals surface area contributed by atoms with Gasteiger partial charge in [0.1, 0.15) is 23.1 Å². The molecule has 4 rings (SSSR count). The second kappa shape index (κ2) is 10.3. The Morgan fingerprint density at radius 1 is 1.09 bits per heavy atom. The Balaban J connectivity index is 1.48. The number of nitrogens with one attached hydrogen (secondary N) is 1. The van der Waals surface area contributed by atoms with E-state index in [1.165, 1.54) is 11.3 Å². The lowest BCUT2D eigenvalue weighted by atomic mass is 9.95. The Kier molecular flexibility index (Phi) is 7.18. The van der Waals surface area contributed by atoms with Crippen molar-refractivity contribution in [2.75, 3.05) is 11.9 Å². The number of rotatable bonds is 8. The van der Waals surface area contributed by atoms with E-state index in [9.17, 15) is 9.59 Å². The van der Waals surface area contributed by atoms with Crippen LogP contribution in [0.3, 0.4) is 0 Å². The van der Waals surface area contributed by atoms with Gasteiger partial charge in [0, 0.05) is 4.88 Å². The van der Waals surface area contributed by atoms with Crippen molar-refractivity contribution < 1.29 is 23.5 Å². The van der Waals surface area contributed by atoms with E-state index in [1.807, 2.05) is 39.0 Å². The highest BCUT2D eigenvalue weighted by Gasteiger charge is 2.28. The maximum Gasteiger partial charge on any atom is 0.341 e. The van der Waals surface area contributed by atoms with Gasteiger partial charge in [-0.1, -0.05) is 25.1 Å². The molecule has 1 amide bonds. The molecule has 0 saturated carbocycles. The quantitative estimate of drug-likeness (QED) is 0.397. The van der Waals surface area contributed by atoms with Crippen molar-refractivity contribution in [1.29, 1.82) is 0 Å². The number of amides is 1. The molecule has 1 aliphatic carbocycles. The van der Waals surface area contributed by atoms with Gasteiger partial charge in [0.2, 0.25) is 0 Å². The Labute approximate surface area is 197 Å². The number of fused-ring (bicyclic) bond motifs is 1. The third kappa shape index (κ3) is 5.14. The third-order valence-electron chi connectivity index (χ3n) is 5.69. The number of benzene rings is 1. The lowest BCUT2D eigenvalue weighted by Crippen LogP contribution is -2.15. The Morgan fingerprint density at radius 2 is 1.85 bits per heavy atom. The first-order chi connectivity index (χ1) is 16.0. The minimum atomic E-state index is -0.392. The van der Waals surface area contributed by atoms with Gasteiger partial charge < -0.3 is 19.2 Å². The van der Waals surface area contributed by atoms with Crippen molar-refractivity contribution in [1.82, 2.24) is 0 Å². The predicted octanol–water partition coefficient (Wildman–Crippen LogP) is 6.23. The van der Waals surface area contributed by atoms with Gasteiger partial charge in [-0.25, -0.2) is 4.79 Å². The van der Waals surface area contributed by atoms with Crippen LogP contribution < -0.4 is 10.1 Å². The molecule has 0 bridgehead atoms. The van der Waals surface area contributed by atoms with Crippen LogP contribution in [0.4, 0.5) is 5.00 Å². The van der Waals surface area contributed by atoms with E-state index >= 15 is 0 Å². The summed E-state index contributed by atoms with van der Waals surface area (Å²) in [5.41, 5.74) is 3.61. The highest BCUT2D eigenvalue weighted by molar-refractivity contribution is 7.17. The highest BCUT2D eigenvalue weighted by Crippen LogP contribution is 2.39. The number of aryl methyl sites for hydroxylation is 3. The topological polar surface area (TPSA) is 77.8 Å². The molecule has 33 heavy (non-hydrogen) atoms. The molecule has 1 aromatic carbocycles. The lowest BCUT2D eigenvalue weighted by Gasteiger charge is -2.12. The fourth-order valence-electron chi connectivity index (χ4n) is 4.05. The molecule has 7 heteroatoms. The van der Waals surface area contributed by atoms with E-state index in [-0.39, 0.29) is 18.3 Å². The Morgan fingerprint density at radius 3 is 2.61 bits per heavy atom. The number of thiophene rings is 1. The summed E-state index contributed by atoms with van der Waals surface area (Å²) in [4.78, 5) is 26.8. The van der Waals surface area contributed by atoms with Crippen molar-refractivity contribution in [2.45, 2.75) is 59.5 Å². The minimum absolute atomic E-state index is 0.175. The molecule has 0 aliphatic heterocycles. The van der Waals surface area contributed by atoms with Gasteiger partial charge in [0.15, 0.2) is 5.76 Å². The van der Waals surface area contributed by atoms with Crippen LogP contribution in [0, 0.1) is 13.8 Å². The molecular weight excluding hydrogens is 438 g/mol. The zero-order valence-corrected chi connectivity index (χ0v) is 20.1. The Bertz CT molecular complexity index is 1140. The average Bonchev–Trinajstić information content (AvgIpc) is 3.41. The summed E-state index contributed by atoms with van der Waals surface area (Å²) in [5.74, 6) is 0.787. The second-order valence-electron chi connectivity index (χ2n) is 8.28. The van der Waals surface area contributed by atoms with Gasteiger partial charge in [-0.05, 0) is 74.8 Å². The zero-order chi connectivity index (χ0) is 23.4. The molecule has 2 aromatic heterocycles. The number of para-hydroxylation sites is 1. The number of hydrogen-bond donors (Lipinski definition) is 1. The van der Waals surface area contributed by atoms with Crippen molar-refractivity contribution in [2.24, 2.45) is 0 Å². The second-order valence-corrected chi connectivity index (χ2v) is 9.39. The summed E-state index contributed by atoms with van der Waals surface area (Å²) in [6.45, 7) is 6.53. The number of anilines is 1. The molecule has 0 unspecified atom stereocenters. The van der Waals surface area contributed by atoms with Gasteiger partial charge in [-0.3, -0.25) is 4.79 Å². The van der Waals surface area contributed by atoms with E-state index in [0.29, 0.717) is 22.9 Å². The molecule has 0 radical (unpaired) electrons. The van der Waals surface area contributed by atoms with E-state index in [0.717, 1.165) is 59.4 Å². The van der Waals surface area contributed by atoms with Crippen molar-refractivity contribution in [3.63, 3.8) is 0 Å². The van der Waals surface area contributed by atoms with E-state index in [1.54, 1.807) is 12.1 Å². The molecule has 3 aromatic rings. The monoisotopic (exact) mass is 467 g/mol. The van der Waals surface area contributed by atoms with Crippen LogP contribution in [0.25, 0.3) is 0 Å². The standard InChI is InChI=1S/C26H29NO5S/c1-4-14-30-26(29)22-19-10-5-6-11-21(19)33-25(22)27-24(28)20-13-12-18(32-20)15-31-23-16(2)8-7-9-17(23)3/h7-9,12-13H,4-6,10-11,14-15H2,1-3H3,(H,27,28). The minimum Gasteiger partial charge on any atom is -0.485 e. The van der Waals surface area contributed by atoms with Gasteiger partial charge in [0.05, 0.1) is 12.2 Å². The first-order valence-electron chi connectivity index (χ1n) is 11.4. The molecule has 0 fully saturated rings. The molecule has 174 valence electrons. The summed E-state index contributed by atoms with van der Waals surface area (Å²) < 4.78 is 17.1. The maximum absolute atomic E-state index is 12.9. The van der Waals surface area contributed by atoms with Crippen LogP contribution in [0.5, 0.6) is 5.75 Å². The first-order valence-corrected chi connectivity index (χ1v) is 12.2. The molecule has 0 saturated heterocycles. The predicted molar refractivity (Wildman–Crippen MR) is 128 cm³/mol. The normalized spacial score (nSPS) is 12.8. The lowest BCUT2D eigenvalue weighted by molar-refractivity contribution is 0.0505. The zero-order valence-electron chi connectivity index (χ0n) is 19.3. The van der Waals surface area contributed by atoms with Crippen molar-refractivity contribution in [3.05, 3.63) is 69.0 Å². The van der Waals surface area contributed by atoms with Crippen molar-refractivity contribution >= 4 is 28.2 Å². The number of carbonyl (C=O) groups excluding carboxylic acids is 2. The van der Waals surface area contributed by atoms with Crippen LogP contribution in [-0.4, -0.2) is 18.5 Å². The van der Waals surface area contributed by atoms with Gasteiger partial charge in [0.25, 0.3) is 5.91 Å². The Hall–Kier alpha value is -3.06. The van der Waals surface area contributed by atoms with E-state index in [2.05, 4.69) is 5.32 Å². The molecule has 0 spiro atoms. The van der Waals surface area contributed by atoms with E-state index < -0.39 is 5.91 Å². The fourth-order valence-corrected chi connectivity index (χ4v) is 5.32. The highest BCUT2D eigenvalue weighted by atomic mass is 32.1. The summed E-state index contributed by atoms with van der Waals surface area (Å²) >= 11 is 1.47. The third-order valence-corrected chi connectivity index (χ3v) is 6.90. The molecule has 1 N–H and O–H groups in total. The van der Waals surface area contributed by atoms with Crippen LogP contribution in [0.15, 0.2) is 34.7 Å². The summed E-state index contributed by atoms with van der Waals surface area (Å²) in [7, 11) is 0. The first kappa shape index (κ1) is 23.1. The number of esters is 1. The summed E-state index contributed by atoms with van der Waals surface area (Å²) in [5, 5.41) is 3.43. The largest absolute Gasteiger partial charge is 0.485 e. The van der Waals surface area contributed by atoms with Crippen LogP contribution in [-0.2, 0) is 24.2 Å². The smallest absolute Gasteiger partial charge is 0.341 e.